The molecular weight excluding hydrogens is 425 g/mol. The van der Waals surface area contributed by atoms with Gasteiger partial charge in [-0.1, -0.05) is 40.9 Å². The Labute approximate surface area is 144 Å². The first kappa shape index (κ1) is 16.5. The van der Waals surface area contributed by atoms with E-state index in [0.29, 0.717) is 6.04 Å². The van der Waals surface area contributed by atoms with Crippen molar-refractivity contribution in [1.29, 1.82) is 0 Å². The molecule has 0 saturated carbocycles. The molecule has 1 aromatic rings. The van der Waals surface area contributed by atoms with Gasteiger partial charge in [0.2, 0.25) is 0 Å². The lowest BCUT2D eigenvalue weighted by Crippen LogP contribution is -2.24. The third-order valence-electron chi connectivity index (χ3n) is 3.81. The Balaban J connectivity index is 2.30. The topological polar surface area (TPSA) is 12.0 Å². The first-order chi connectivity index (χ1) is 9.72. The zero-order chi connectivity index (χ0) is 14.4. The molecule has 0 aliphatic heterocycles. The van der Waals surface area contributed by atoms with Gasteiger partial charge in [-0.2, -0.15) is 0 Å². The summed E-state index contributed by atoms with van der Waals surface area (Å²) in [7, 11) is 0. The number of hydrogen-bond donors (Lipinski definition) is 1. The van der Waals surface area contributed by atoms with E-state index in [1.165, 1.54) is 52.1 Å². The third-order valence-corrected chi connectivity index (χ3v) is 5.29. The van der Waals surface area contributed by atoms with Crippen molar-refractivity contribution >= 4 is 38.5 Å². The van der Waals surface area contributed by atoms with Crippen molar-refractivity contribution < 1.29 is 0 Å². The summed E-state index contributed by atoms with van der Waals surface area (Å²) in [4.78, 5) is 0. The minimum absolute atomic E-state index is 0.387. The molecule has 1 unspecified atom stereocenters. The molecule has 1 aliphatic carbocycles. The van der Waals surface area contributed by atoms with E-state index in [1.54, 1.807) is 5.57 Å². The average molecular weight is 448 g/mol. The van der Waals surface area contributed by atoms with Gasteiger partial charge in [0.15, 0.2) is 0 Å². The van der Waals surface area contributed by atoms with E-state index < -0.39 is 0 Å². The number of nitrogens with one attached hydrogen (secondary N) is 1. The van der Waals surface area contributed by atoms with E-state index in [9.17, 15) is 0 Å². The van der Waals surface area contributed by atoms with Gasteiger partial charge in [-0.25, -0.2) is 0 Å². The third kappa shape index (κ3) is 4.57. The predicted molar refractivity (Wildman–Crippen MR) is 99.1 cm³/mol. The summed E-state index contributed by atoms with van der Waals surface area (Å²) in [5, 5.41) is 3.76. The number of allylic oxidation sites excluding steroid dienone is 1. The molecule has 1 atom stereocenters. The molecule has 3 heteroatoms. The van der Waals surface area contributed by atoms with Gasteiger partial charge in [0.25, 0.3) is 0 Å². The molecule has 1 N–H and O–H groups in total. The molecule has 110 valence electrons. The van der Waals surface area contributed by atoms with Crippen molar-refractivity contribution in [3.8, 4) is 0 Å². The van der Waals surface area contributed by atoms with Crippen LogP contribution in [0.2, 0.25) is 0 Å². The Morgan fingerprint density at radius 3 is 2.95 bits per heavy atom. The van der Waals surface area contributed by atoms with Gasteiger partial charge in [0.05, 0.1) is 6.04 Å². The smallest absolute Gasteiger partial charge is 0.0546 e. The fourth-order valence-corrected chi connectivity index (χ4v) is 3.79. The van der Waals surface area contributed by atoms with Crippen LogP contribution in [-0.2, 0) is 0 Å². The zero-order valence-corrected chi connectivity index (χ0v) is 15.8. The highest BCUT2D eigenvalue weighted by atomic mass is 127. The maximum absolute atomic E-state index is 3.76. The summed E-state index contributed by atoms with van der Waals surface area (Å²) >= 11 is 6.08. The van der Waals surface area contributed by atoms with Crippen LogP contribution in [-0.4, -0.2) is 6.54 Å². The highest BCUT2D eigenvalue weighted by molar-refractivity contribution is 14.1. The van der Waals surface area contributed by atoms with Gasteiger partial charge in [0.1, 0.15) is 0 Å². The van der Waals surface area contributed by atoms with Crippen LogP contribution in [0, 0.1) is 3.57 Å². The Morgan fingerprint density at radius 2 is 2.15 bits per heavy atom. The lowest BCUT2D eigenvalue weighted by atomic mass is 9.95. The van der Waals surface area contributed by atoms with Crippen LogP contribution in [0.3, 0.4) is 0 Å². The summed E-state index contributed by atoms with van der Waals surface area (Å²) in [6, 6.07) is 7.00. The van der Waals surface area contributed by atoms with E-state index >= 15 is 0 Å². The van der Waals surface area contributed by atoms with Crippen LogP contribution >= 0.6 is 38.5 Å². The Kier molecular flexibility index (Phi) is 7.05. The van der Waals surface area contributed by atoms with Crippen LogP contribution < -0.4 is 5.32 Å². The molecule has 1 aromatic carbocycles. The normalized spacial score (nSPS) is 17.4. The molecule has 0 bridgehead atoms. The van der Waals surface area contributed by atoms with E-state index in [1.807, 2.05) is 0 Å². The van der Waals surface area contributed by atoms with Crippen molar-refractivity contribution in [1.82, 2.24) is 5.32 Å². The molecule has 0 aromatic heterocycles. The number of benzene rings is 1. The first-order valence-corrected chi connectivity index (χ1v) is 9.46. The van der Waals surface area contributed by atoms with Crippen LogP contribution in [0.15, 0.2) is 34.3 Å². The molecular formula is C17H23BrIN. The maximum Gasteiger partial charge on any atom is 0.0546 e. The van der Waals surface area contributed by atoms with Crippen molar-refractivity contribution in [3.05, 3.63) is 43.5 Å². The molecule has 2 rings (SSSR count). The predicted octanol–water partition coefficient (Wildman–Crippen LogP) is 5.98. The highest BCUT2D eigenvalue weighted by Gasteiger charge is 2.19. The van der Waals surface area contributed by atoms with Crippen LogP contribution in [0.1, 0.15) is 57.1 Å². The molecule has 0 amide bonds. The fourth-order valence-electron chi connectivity index (χ4n) is 2.77. The first-order valence-electron chi connectivity index (χ1n) is 7.59. The van der Waals surface area contributed by atoms with Gasteiger partial charge >= 0.3 is 0 Å². The molecule has 0 radical (unpaired) electrons. The molecule has 0 heterocycles. The van der Waals surface area contributed by atoms with Gasteiger partial charge in [-0.15, -0.1) is 0 Å². The number of hydrogen-bond acceptors (Lipinski definition) is 1. The maximum atomic E-state index is 3.76. The summed E-state index contributed by atoms with van der Waals surface area (Å²) in [6.07, 6.45) is 10.2. The minimum Gasteiger partial charge on any atom is -0.307 e. The second kappa shape index (κ2) is 8.54. The Hall–Kier alpha value is 0.130. The monoisotopic (exact) mass is 447 g/mol. The zero-order valence-electron chi connectivity index (χ0n) is 12.1. The van der Waals surface area contributed by atoms with Crippen molar-refractivity contribution in [2.24, 2.45) is 0 Å². The van der Waals surface area contributed by atoms with E-state index in [-0.39, 0.29) is 0 Å². The van der Waals surface area contributed by atoms with Gasteiger partial charge < -0.3 is 5.32 Å². The number of rotatable bonds is 5. The molecule has 1 aliphatic rings. The van der Waals surface area contributed by atoms with Gasteiger partial charge in [0, 0.05) is 8.04 Å². The van der Waals surface area contributed by atoms with Crippen LogP contribution in [0.25, 0.3) is 0 Å². The van der Waals surface area contributed by atoms with E-state index in [0.717, 1.165) is 6.54 Å². The lowest BCUT2D eigenvalue weighted by Gasteiger charge is -2.23. The van der Waals surface area contributed by atoms with E-state index in [2.05, 4.69) is 75.0 Å². The quantitative estimate of drug-likeness (QED) is 0.432. The van der Waals surface area contributed by atoms with Crippen LogP contribution in [0.5, 0.6) is 0 Å². The summed E-state index contributed by atoms with van der Waals surface area (Å²) in [5.41, 5.74) is 3.01. The van der Waals surface area contributed by atoms with E-state index in [4.69, 9.17) is 0 Å². The standard InChI is InChI=1S/C17H23BrIN/c1-2-11-20-17(13-7-5-3-4-6-8-13)15-12-14(18)9-10-16(15)19/h7,9-10,12,17,20H,2-6,8,11H2,1H3. The average Bonchev–Trinajstić information content (AvgIpc) is 2.72. The largest absolute Gasteiger partial charge is 0.307 e. The molecule has 20 heavy (non-hydrogen) atoms. The van der Waals surface area contributed by atoms with Crippen LogP contribution in [0.4, 0.5) is 0 Å². The van der Waals surface area contributed by atoms with Crippen molar-refractivity contribution in [2.45, 2.75) is 51.5 Å². The van der Waals surface area contributed by atoms with Gasteiger partial charge in [-0.05, 0) is 85.0 Å². The lowest BCUT2D eigenvalue weighted by molar-refractivity contribution is 0.565. The molecule has 0 fully saturated rings. The molecule has 1 nitrogen and oxygen atoms in total. The Bertz CT molecular complexity index is 470. The summed E-state index contributed by atoms with van der Waals surface area (Å²) < 4.78 is 2.52. The second-order valence-corrected chi connectivity index (χ2v) is 7.51. The fraction of sp³-hybridized carbons (Fsp3) is 0.529. The molecule has 0 spiro atoms. The summed E-state index contributed by atoms with van der Waals surface area (Å²) in [6.45, 7) is 3.31. The Morgan fingerprint density at radius 1 is 1.30 bits per heavy atom. The summed E-state index contributed by atoms with van der Waals surface area (Å²) in [5.74, 6) is 0. The number of halogens is 2. The molecule has 0 saturated heterocycles. The minimum atomic E-state index is 0.387. The van der Waals surface area contributed by atoms with Gasteiger partial charge in [-0.3, -0.25) is 0 Å². The second-order valence-electron chi connectivity index (χ2n) is 5.43. The van der Waals surface area contributed by atoms with Crippen molar-refractivity contribution in [2.75, 3.05) is 6.54 Å². The highest BCUT2D eigenvalue weighted by Crippen LogP contribution is 2.33. The van der Waals surface area contributed by atoms with Crippen molar-refractivity contribution in [3.63, 3.8) is 0 Å². The SMILES string of the molecule is CCCNC(C1=CCCCCC1)c1cc(Br)ccc1I.